The van der Waals surface area contributed by atoms with Crippen LogP contribution in [0.2, 0.25) is 0 Å². The largest absolute Gasteiger partial charge is 0.354 e. The molecular formula is C22H25FN2O. The van der Waals surface area contributed by atoms with E-state index in [1.54, 1.807) is 12.1 Å². The maximum atomic E-state index is 13.2. The van der Waals surface area contributed by atoms with E-state index < -0.39 is 5.41 Å². The van der Waals surface area contributed by atoms with Gasteiger partial charge in [0.1, 0.15) is 5.82 Å². The van der Waals surface area contributed by atoms with Gasteiger partial charge in [-0.25, -0.2) is 4.39 Å². The summed E-state index contributed by atoms with van der Waals surface area (Å²) in [4.78, 5) is 15.2. The molecule has 0 bridgehead atoms. The maximum Gasteiger partial charge on any atom is 0.230 e. The Morgan fingerprint density at radius 3 is 2.54 bits per heavy atom. The zero-order chi connectivity index (χ0) is 18.1. The smallest absolute Gasteiger partial charge is 0.230 e. The zero-order valence-corrected chi connectivity index (χ0v) is 15.2. The summed E-state index contributed by atoms with van der Waals surface area (Å²) in [5, 5.41) is 3.15. The van der Waals surface area contributed by atoms with Crippen molar-refractivity contribution in [3.05, 3.63) is 71.0 Å². The number of benzene rings is 2. The number of carbonyl (C=O) groups is 1. The lowest BCUT2D eigenvalue weighted by Gasteiger charge is -2.34. The topological polar surface area (TPSA) is 32.3 Å². The Morgan fingerprint density at radius 2 is 1.85 bits per heavy atom. The van der Waals surface area contributed by atoms with Crippen molar-refractivity contribution in [2.24, 2.45) is 0 Å². The highest BCUT2D eigenvalue weighted by atomic mass is 19.1. The van der Waals surface area contributed by atoms with E-state index in [-0.39, 0.29) is 17.8 Å². The van der Waals surface area contributed by atoms with Gasteiger partial charge in [0.05, 0.1) is 5.41 Å². The molecule has 1 unspecified atom stereocenters. The monoisotopic (exact) mass is 352 g/mol. The van der Waals surface area contributed by atoms with Crippen LogP contribution in [0, 0.1) is 5.82 Å². The normalized spacial score (nSPS) is 19.5. The standard InChI is InChI=1S/C22H25FN2O/c1-16(25-13-10-17-4-2-3-5-18(17)15-25)14-24-21(26)22(11-12-22)19-6-8-20(23)9-7-19/h2-9,16H,10-15H2,1H3,(H,24,26). The number of fused-ring (bicyclic) bond motifs is 1. The summed E-state index contributed by atoms with van der Waals surface area (Å²) in [6, 6.07) is 15.2. The van der Waals surface area contributed by atoms with Gasteiger partial charge in [0.2, 0.25) is 5.91 Å². The molecule has 0 saturated heterocycles. The quantitative estimate of drug-likeness (QED) is 0.894. The third kappa shape index (κ3) is 3.26. The summed E-state index contributed by atoms with van der Waals surface area (Å²) in [5.74, 6) is -0.183. The number of amides is 1. The van der Waals surface area contributed by atoms with Gasteiger partial charge in [-0.05, 0) is 55.0 Å². The summed E-state index contributed by atoms with van der Waals surface area (Å²) < 4.78 is 13.2. The highest BCUT2D eigenvalue weighted by molar-refractivity contribution is 5.91. The number of carbonyl (C=O) groups excluding carboxylic acids is 1. The van der Waals surface area contributed by atoms with Gasteiger partial charge in [0.25, 0.3) is 0 Å². The summed E-state index contributed by atoms with van der Waals surface area (Å²) in [6.07, 6.45) is 2.75. The minimum absolute atomic E-state index is 0.0772. The number of nitrogens with one attached hydrogen (secondary N) is 1. The van der Waals surface area contributed by atoms with Crippen molar-refractivity contribution < 1.29 is 9.18 Å². The first kappa shape index (κ1) is 17.2. The van der Waals surface area contributed by atoms with E-state index in [1.807, 2.05) is 0 Å². The second-order valence-electron chi connectivity index (χ2n) is 7.64. The van der Waals surface area contributed by atoms with Gasteiger partial charge in [-0.3, -0.25) is 9.69 Å². The number of hydrogen-bond acceptors (Lipinski definition) is 2. The Labute approximate surface area is 154 Å². The van der Waals surface area contributed by atoms with E-state index in [1.165, 1.54) is 23.3 Å². The van der Waals surface area contributed by atoms with Crippen molar-refractivity contribution in [2.75, 3.05) is 13.1 Å². The molecule has 1 aliphatic carbocycles. The predicted molar refractivity (Wildman–Crippen MR) is 100 cm³/mol. The van der Waals surface area contributed by atoms with Crippen molar-refractivity contribution >= 4 is 5.91 Å². The highest BCUT2D eigenvalue weighted by Crippen LogP contribution is 2.48. The van der Waals surface area contributed by atoms with Crippen molar-refractivity contribution in [3.63, 3.8) is 0 Å². The average molecular weight is 352 g/mol. The Balaban J connectivity index is 1.35. The molecule has 136 valence electrons. The van der Waals surface area contributed by atoms with Gasteiger partial charge in [0.15, 0.2) is 0 Å². The van der Waals surface area contributed by atoms with Crippen molar-refractivity contribution in [3.8, 4) is 0 Å². The Hall–Kier alpha value is -2.20. The second-order valence-corrected chi connectivity index (χ2v) is 7.64. The molecule has 2 aromatic carbocycles. The molecule has 0 spiro atoms. The third-order valence-corrected chi connectivity index (χ3v) is 5.92. The fourth-order valence-electron chi connectivity index (χ4n) is 3.97. The molecule has 1 amide bonds. The molecule has 1 saturated carbocycles. The van der Waals surface area contributed by atoms with E-state index in [4.69, 9.17) is 0 Å². The van der Waals surface area contributed by atoms with E-state index in [2.05, 4.69) is 41.4 Å². The minimum atomic E-state index is -0.443. The van der Waals surface area contributed by atoms with Crippen molar-refractivity contribution in [2.45, 2.75) is 44.2 Å². The summed E-state index contributed by atoms with van der Waals surface area (Å²) in [6.45, 7) is 4.78. The lowest BCUT2D eigenvalue weighted by atomic mass is 9.94. The van der Waals surface area contributed by atoms with Crippen LogP contribution in [0.1, 0.15) is 36.5 Å². The molecule has 1 heterocycles. The number of halogens is 1. The van der Waals surface area contributed by atoms with Gasteiger partial charge in [-0.1, -0.05) is 36.4 Å². The molecule has 26 heavy (non-hydrogen) atoms. The van der Waals surface area contributed by atoms with E-state index in [9.17, 15) is 9.18 Å². The van der Waals surface area contributed by atoms with Crippen molar-refractivity contribution in [1.82, 2.24) is 10.2 Å². The van der Waals surface area contributed by atoms with Gasteiger partial charge in [-0.2, -0.15) is 0 Å². The number of rotatable bonds is 5. The number of hydrogen-bond donors (Lipinski definition) is 1. The molecule has 4 rings (SSSR count). The molecule has 2 aliphatic rings. The van der Waals surface area contributed by atoms with E-state index in [0.717, 1.165) is 37.9 Å². The Kier molecular flexibility index (Phi) is 4.53. The first-order chi connectivity index (χ1) is 12.6. The van der Waals surface area contributed by atoms with E-state index >= 15 is 0 Å². The minimum Gasteiger partial charge on any atom is -0.354 e. The summed E-state index contributed by atoms with van der Waals surface area (Å²) in [7, 11) is 0. The molecule has 1 aliphatic heterocycles. The Morgan fingerprint density at radius 1 is 1.15 bits per heavy atom. The van der Waals surface area contributed by atoms with Crippen LogP contribution >= 0.6 is 0 Å². The molecule has 4 heteroatoms. The van der Waals surface area contributed by atoms with Crippen LogP contribution < -0.4 is 5.32 Å². The lowest BCUT2D eigenvalue weighted by molar-refractivity contribution is -0.123. The van der Waals surface area contributed by atoms with Crippen LogP contribution in [0.25, 0.3) is 0 Å². The first-order valence-electron chi connectivity index (χ1n) is 9.44. The predicted octanol–water partition coefficient (Wildman–Crippen LogP) is 3.42. The molecular weight excluding hydrogens is 327 g/mol. The lowest BCUT2D eigenvalue weighted by Crippen LogP contribution is -2.46. The number of nitrogens with zero attached hydrogens (tertiary/aromatic N) is 1. The molecule has 1 fully saturated rings. The van der Waals surface area contributed by atoms with Gasteiger partial charge in [-0.15, -0.1) is 0 Å². The highest BCUT2D eigenvalue weighted by Gasteiger charge is 2.51. The third-order valence-electron chi connectivity index (χ3n) is 5.92. The molecule has 2 aromatic rings. The fraction of sp³-hybridized carbons (Fsp3) is 0.409. The fourth-order valence-corrected chi connectivity index (χ4v) is 3.97. The maximum absolute atomic E-state index is 13.2. The SMILES string of the molecule is CC(CNC(=O)C1(c2ccc(F)cc2)CC1)N1CCc2ccccc2C1. The van der Waals surface area contributed by atoms with Gasteiger partial charge < -0.3 is 5.32 Å². The van der Waals surface area contributed by atoms with Gasteiger partial charge in [0, 0.05) is 25.7 Å². The van der Waals surface area contributed by atoms with Crippen LogP contribution in [0.15, 0.2) is 48.5 Å². The Bertz CT molecular complexity index is 798. The zero-order valence-electron chi connectivity index (χ0n) is 15.2. The van der Waals surface area contributed by atoms with Crippen molar-refractivity contribution in [1.29, 1.82) is 0 Å². The molecule has 1 atom stereocenters. The summed E-state index contributed by atoms with van der Waals surface area (Å²) in [5.41, 5.74) is 3.31. The summed E-state index contributed by atoms with van der Waals surface area (Å²) >= 11 is 0. The molecule has 0 aromatic heterocycles. The molecule has 0 radical (unpaired) electrons. The first-order valence-corrected chi connectivity index (χ1v) is 9.44. The van der Waals surface area contributed by atoms with Crippen LogP contribution in [0.4, 0.5) is 4.39 Å². The molecule has 1 N–H and O–H groups in total. The molecule has 3 nitrogen and oxygen atoms in total. The average Bonchev–Trinajstić information content (AvgIpc) is 3.48. The van der Waals surface area contributed by atoms with Crippen LogP contribution in [0.5, 0.6) is 0 Å². The van der Waals surface area contributed by atoms with Crippen LogP contribution in [-0.4, -0.2) is 29.9 Å². The van der Waals surface area contributed by atoms with Gasteiger partial charge >= 0.3 is 0 Å². The van der Waals surface area contributed by atoms with Crippen LogP contribution in [0.3, 0.4) is 0 Å². The van der Waals surface area contributed by atoms with Crippen LogP contribution in [-0.2, 0) is 23.2 Å². The second kappa shape index (κ2) is 6.84. The van der Waals surface area contributed by atoms with E-state index in [0.29, 0.717) is 6.54 Å².